The number of amides is 1. The van der Waals surface area contributed by atoms with Gasteiger partial charge in [-0.2, -0.15) is 18.3 Å². The third-order valence-corrected chi connectivity index (χ3v) is 5.19. The number of nitrogens with one attached hydrogen (secondary N) is 1. The van der Waals surface area contributed by atoms with Crippen LogP contribution in [0.25, 0.3) is 0 Å². The van der Waals surface area contributed by atoms with E-state index < -0.39 is 11.7 Å². The SMILES string of the molecule is O=C1CN(c2c(C3CC3)cn[nH]c2=O)CCN1Cc1ccccc1C(F)(F)F. The first-order valence-electron chi connectivity index (χ1n) is 9.10. The summed E-state index contributed by atoms with van der Waals surface area (Å²) in [6.45, 7) is 0.481. The number of anilines is 1. The van der Waals surface area contributed by atoms with E-state index in [1.807, 2.05) is 0 Å². The van der Waals surface area contributed by atoms with Crippen LogP contribution in [0.15, 0.2) is 35.3 Å². The van der Waals surface area contributed by atoms with E-state index in [0.29, 0.717) is 12.2 Å². The number of hydrogen-bond acceptors (Lipinski definition) is 4. The number of hydrogen-bond donors (Lipinski definition) is 1. The number of alkyl halides is 3. The standard InChI is InChI=1S/C19H19F3N4O2/c20-19(21,22)15-4-2-1-3-13(15)10-25-7-8-26(11-16(25)27)17-14(12-5-6-12)9-23-24-18(17)28/h1-4,9,12H,5-8,10-11H2,(H,24,28). The van der Waals surface area contributed by atoms with Crippen LogP contribution in [0.2, 0.25) is 0 Å². The van der Waals surface area contributed by atoms with Gasteiger partial charge in [0.25, 0.3) is 5.56 Å². The summed E-state index contributed by atoms with van der Waals surface area (Å²) in [6.07, 6.45) is -0.865. The molecule has 1 saturated carbocycles. The first-order chi connectivity index (χ1) is 13.3. The van der Waals surface area contributed by atoms with Crippen molar-refractivity contribution in [2.75, 3.05) is 24.5 Å². The second-order valence-electron chi connectivity index (χ2n) is 7.17. The van der Waals surface area contributed by atoms with Crippen molar-refractivity contribution in [2.24, 2.45) is 0 Å². The minimum atomic E-state index is -4.47. The molecule has 0 unspecified atom stereocenters. The molecule has 0 atom stereocenters. The number of aromatic nitrogens is 2. The van der Waals surface area contributed by atoms with Crippen LogP contribution < -0.4 is 10.5 Å². The molecule has 4 rings (SSSR count). The Labute approximate surface area is 159 Å². The van der Waals surface area contributed by atoms with E-state index >= 15 is 0 Å². The topological polar surface area (TPSA) is 69.3 Å². The summed E-state index contributed by atoms with van der Waals surface area (Å²) in [4.78, 5) is 28.0. The first kappa shape index (κ1) is 18.5. The molecule has 2 aromatic rings. The average Bonchev–Trinajstić information content (AvgIpc) is 3.48. The highest BCUT2D eigenvalue weighted by atomic mass is 19.4. The molecule has 1 amide bonds. The number of benzene rings is 1. The summed E-state index contributed by atoms with van der Waals surface area (Å²) in [6, 6.07) is 5.28. The van der Waals surface area contributed by atoms with Gasteiger partial charge in [0.2, 0.25) is 5.91 Å². The van der Waals surface area contributed by atoms with Crippen LogP contribution in [0, 0.1) is 0 Å². The minimum absolute atomic E-state index is 0.0407. The molecule has 2 aliphatic rings. The van der Waals surface area contributed by atoms with Gasteiger partial charge in [-0.15, -0.1) is 0 Å². The fraction of sp³-hybridized carbons (Fsp3) is 0.421. The fourth-order valence-corrected chi connectivity index (χ4v) is 3.63. The Balaban J connectivity index is 1.52. The molecule has 148 valence electrons. The summed E-state index contributed by atoms with van der Waals surface area (Å²) in [5, 5.41) is 6.27. The van der Waals surface area contributed by atoms with E-state index in [2.05, 4.69) is 10.2 Å². The third kappa shape index (κ3) is 3.61. The van der Waals surface area contributed by atoms with Crippen LogP contribution in [0.1, 0.15) is 35.4 Å². The van der Waals surface area contributed by atoms with Gasteiger partial charge >= 0.3 is 6.18 Å². The molecule has 1 N–H and O–H groups in total. The molecule has 1 aliphatic heterocycles. The Hall–Kier alpha value is -2.84. The zero-order chi connectivity index (χ0) is 19.9. The number of aromatic amines is 1. The molecule has 0 bridgehead atoms. The highest BCUT2D eigenvalue weighted by Crippen LogP contribution is 2.43. The molecule has 0 radical (unpaired) electrons. The molecule has 28 heavy (non-hydrogen) atoms. The molecule has 2 heterocycles. The quantitative estimate of drug-likeness (QED) is 0.868. The van der Waals surface area contributed by atoms with Gasteiger partial charge in [0.05, 0.1) is 18.3 Å². The number of rotatable bonds is 4. The predicted octanol–water partition coefficient (Wildman–Crippen LogP) is 2.51. The van der Waals surface area contributed by atoms with E-state index in [4.69, 9.17) is 0 Å². The van der Waals surface area contributed by atoms with Crippen molar-refractivity contribution in [1.29, 1.82) is 0 Å². The van der Waals surface area contributed by atoms with Gasteiger partial charge in [-0.1, -0.05) is 18.2 Å². The van der Waals surface area contributed by atoms with Crippen molar-refractivity contribution < 1.29 is 18.0 Å². The fourth-order valence-electron chi connectivity index (χ4n) is 3.63. The molecular weight excluding hydrogens is 373 g/mol. The monoisotopic (exact) mass is 392 g/mol. The van der Waals surface area contributed by atoms with Crippen molar-refractivity contribution in [1.82, 2.24) is 15.1 Å². The summed E-state index contributed by atoms with van der Waals surface area (Å²) in [5.41, 5.74) is 0.297. The van der Waals surface area contributed by atoms with Gasteiger partial charge in [0.1, 0.15) is 5.69 Å². The van der Waals surface area contributed by atoms with E-state index in [1.54, 1.807) is 11.1 Å². The lowest BCUT2D eigenvalue weighted by Gasteiger charge is -2.36. The number of nitrogens with zero attached hydrogens (tertiary/aromatic N) is 3. The van der Waals surface area contributed by atoms with E-state index in [0.717, 1.165) is 24.5 Å². The summed E-state index contributed by atoms with van der Waals surface area (Å²) in [7, 11) is 0. The van der Waals surface area contributed by atoms with Crippen LogP contribution in [-0.2, 0) is 17.5 Å². The molecule has 1 saturated heterocycles. The summed E-state index contributed by atoms with van der Waals surface area (Å²) >= 11 is 0. The van der Waals surface area contributed by atoms with Crippen LogP contribution in [0.3, 0.4) is 0 Å². The van der Waals surface area contributed by atoms with Crippen LogP contribution in [0.4, 0.5) is 18.9 Å². The number of carbonyl (C=O) groups is 1. The molecule has 9 heteroatoms. The largest absolute Gasteiger partial charge is 0.416 e. The number of halogens is 3. The van der Waals surface area contributed by atoms with Crippen LogP contribution in [0.5, 0.6) is 0 Å². The predicted molar refractivity (Wildman–Crippen MR) is 95.9 cm³/mol. The van der Waals surface area contributed by atoms with Gasteiger partial charge in [0.15, 0.2) is 0 Å². The Morgan fingerprint density at radius 2 is 1.89 bits per heavy atom. The lowest BCUT2D eigenvalue weighted by atomic mass is 10.1. The third-order valence-electron chi connectivity index (χ3n) is 5.19. The van der Waals surface area contributed by atoms with Crippen molar-refractivity contribution >= 4 is 11.6 Å². The Morgan fingerprint density at radius 1 is 1.14 bits per heavy atom. The van der Waals surface area contributed by atoms with E-state index in [1.165, 1.54) is 23.1 Å². The maximum Gasteiger partial charge on any atom is 0.416 e. The molecule has 1 aromatic heterocycles. The van der Waals surface area contributed by atoms with Gasteiger partial charge in [-0.05, 0) is 30.4 Å². The van der Waals surface area contributed by atoms with Crippen molar-refractivity contribution in [2.45, 2.75) is 31.5 Å². The normalized spacial score (nSPS) is 17.9. The number of carbonyl (C=O) groups excluding carboxylic acids is 1. The summed E-state index contributed by atoms with van der Waals surface area (Å²) in [5.74, 6) is -0.0159. The molecular formula is C19H19F3N4O2. The molecule has 6 nitrogen and oxygen atoms in total. The zero-order valence-electron chi connectivity index (χ0n) is 15.0. The highest BCUT2D eigenvalue weighted by Gasteiger charge is 2.35. The summed E-state index contributed by atoms with van der Waals surface area (Å²) < 4.78 is 39.6. The van der Waals surface area contributed by atoms with Crippen LogP contribution >= 0.6 is 0 Å². The van der Waals surface area contributed by atoms with Gasteiger partial charge < -0.3 is 9.80 Å². The smallest absolute Gasteiger partial charge is 0.356 e. The second kappa shape index (κ2) is 6.96. The molecule has 1 aromatic carbocycles. The first-order valence-corrected chi connectivity index (χ1v) is 9.10. The van der Waals surface area contributed by atoms with Gasteiger partial charge in [0, 0.05) is 25.2 Å². The van der Waals surface area contributed by atoms with Gasteiger partial charge in [-0.25, -0.2) is 5.10 Å². The molecule has 0 spiro atoms. The Kier molecular flexibility index (Phi) is 4.60. The van der Waals surface area contributed by atoms with Crippen LogP contribution in [-0.4, -0.2) is 40.6 Å². The van der Waals surface area contributed by atoms with Gasteiger partial charge in [-0.3, -0.25) is 9.59 Å². The Morgan fingerprint density at radius 3 is 2.57 bits per heavy atom. The maximum atomic E-state index is 13.2. The highest BCUT2D eigenvalue weighted by molar-refractivity contribution is 5.83. The number of H-pyrrole nitrogens is 1. The minimum Gasteiger partial charge on any atom is -0.356 e. The number of piperazine rings is 1. The maximum absolute atomic E-state index is 13.2. The molecule has 2 fully saturated rings. The zero-order valence-corrected chi connectivity index (χ0v) is 15.0. The average molecular weight is 392 g/mol. The molecule has 1 aliphatic carbocycles. The second-order valence-corrected chi connectivity index (χ2v) is 7.17. The van der Waals surface area contributed by atoms with Crippen molar-refractivity contribution in [3.63, 3.8) is 0 Å². The lowest BCUT2D eigenvalue weighted by Crippen LogP contribution is -2.51. The van der Waals surface area contributed by atoms with Crippen molar-refractivity contribution in [3.8, 4) is 0 Å². The lowest BCUT2D eigenvalue weighted by molar-refractivity contribution is -0.140. The Bertz CT molecular complexity index is 953. The van der Waals surface area contributed by atoms with Crippen molar-refractivity contribution in [3.05, 3.63) is 57.5 Å². The van der Waals surface area contributed by atoms with E-state index in [-0.39, 0.29) is 42.6 Å². The van der Waals surface area contributed by atoms with E-state index in [9.17, 15) is 22.8 Å².